The Morgan fingerprint density at radius 3 is 2.95 bits per heavy atom. The Kier molecular flexibility index (Phi) is 4.12. The summed E-state index contributed by atoms with van der Waals surface area (Å²) in [6, 6.07) is 2.15. The fourth-order valence-corrected chi connectivity index (χ4v) is 2.10. The van der Waals surface area contributed by atoms with E-state index in [-0.39, 0.29) is 5.91 Å². The van der Waals surface area contributed by atoms with Crippen LogP contribution in [0.3, 0.4) is 0 Å². The standard InChI is InChI=1S/C12H17N5O2/c1-17-9-15-16-10(17)2-5-14-11(18)12(8-13)3-6-19-7-4-12/h9H,2-7H2,1H3,(H,14,18). The molecule has 0 atom stereocenters. The topological polar surface area (TPSA) is 92.8 Å². The van der Waals surface area contributed by atoms with E-state index in [1.165, 1.54) is 0 Å². The zero-order chi connectivity index (χ0) is 13.7. The molecule has 1 fully saturated rings. The molecule has 1 aliphatic heterocycles. The van der Waals surface area contributed by atoms with Gasteiger partial charge in [0.15, 0.2) is 0 Å². The predicted octanol–water partition coefficient (Wildman–Crippen LogP) is -0.206. The van der Waals surface area contributed by atoms with Crippen molar-refractivity contribution in [3.05, 3.63) is 12.2 Å². The highest BCUT2D eigenvalue weighted by atomic mass is 16.5. The Hall–Kier alpha value is -1.94. The molecule has 0 bridgehead atoms. The van der Waals surface area contributed by atoms with Gasteiger partial charge >= 0.3 is 0 Å². The van der Waals surface area contributed by atoms with Gasteiger partial charge in [0.25, 0.3) is 0 Å². The second-order valence-corrected chi connectivity index (χ2v) is 4.67. The largest absolute Gasteiger partial charge is 0.381 e. The average molecular weight is 263 g/mol. The Morgan fingerprint density at radius 2 is 2.37 bits per heavy atom. The van der Waals surface area contributed by atoms with Crippen molar-refractivity contribution < 1.29 is 9.53 Å². The lowest BCUT2D eigenvalue weighted by Crippen LogP contribution is -2.44. The summed E-state index contributed by atoms with van der Waals surface area (Å²) in [5.74, 6) is 0.596. The van der Waals surface area contributed by atoms with Crippen LogP contribution in [0.4, 0.5) is 0 Å². The minimum absolute atomic E-state index is 0.208. The smallest absolute Gasteiger partial charge is 0.240 e. The summed E-state index contributed by atoms with van der Waals surface area (Å²) < 4.78 is 7.01. The van der Waals surface area contributed by atoms with Gasteiger partial charge in [-0.3, -0.25) is 4.79 Å². The van der Waals surface area contributed by atoms with E-state index in [1.54, 1.807) is 10.9 Å². The first-order valence-corrected chi connectivity index (χ1v) is 6.28. The van der Waals surface area contributed by atoms with Crippen LogP contribution in [0.15, 0.2) is 6.33 Å². The molecular weight excluding hydrogens is 246 g/mol. The van der Waals surface area contributed by atoms with Crippen LogP contribution in [0.5, 0.6) is 0 Å². The molecule has 0 aliphatic carbocycles. The maximum absolute atomic E-state index is 12.1. The number of nitriles is 1. The third kappa shape index (κ3) is 2.90. The van der Waals surface area contributed by atoms with Gasteiger partial charge in [-0.2, -0.15) is 5.26 Å². The van der Waals surface area contributed by atoms with E-state index in [1.807, 2.05) is 7.05 Å². The lowest BCUT2D eigenvalue weighted by atomic mass is 9.81. The summed E-state index contributed by atoms with van der Waals surface area (Å²) in [6.45, 7) is 1.38. The maximum atomic E-state index is 12.1. The van der Waals surface area contributed by atoms with E-state index in [0.29, 0.717) is 39.0 Å². The Bertz CT molecular complexity index is 485. The number of carbonyl (C=O) groups is 1. The number of ether oxygens (including phenoxy) is 1. The first-order chi connectivity index (χ1) is 9.18. The third-order valence-electron chi connectivity index (χ3n) is 3.43. The van der Waals surface area contributed by atoms with Crippen molar-refractivity contribution in [1.82, 2.24) is 20.1 Å². The molecule has 0 spiro atoms. The monoisotopic (exact) mass is 263 g/mol. The molecule has 7 heteroatoms. The number of hydrogen-bond donors (Lipinski definition) is 1. The van der Waals surface area contributed by atoms with Crippen molar-refractivity contribution in [2.75, 3.05) is 19.8 Å². The number of aromatic nitrogens is 3. The summed E-state index contributed by atoms with van der Waals surface area (Å²) in [5, 5.41) is 19.8. The van der Waals surface area contributed by atoms with Gasteiger partial charge in [0.1, 0.15) is 17.6 Å². The Balaban J connectivity index is 1.87. The van der Waals surface area contributed by atoms with Gasteiger partial charge in [-0.1, -0.05) is 0 Å². The molecule has 0 radical (unpaired) electrons. The summed E-state index contributed by atoms with van der Waals surface area (Å²) in [5.41, 5.74) is -0.932. The van der Waals surface area contributed by atoms with Crippen molar-refractivity contribution >= 4 is 5.91 Å². The minimum Gasteiger partial charge on any atom is -0.381 e. The van der Waals surface area contributed by atoms with Crippen LogP contribution in [0.1, 0.15) is 18.7 Å². The maximum Gasteiger partial charge on any atom is 0.240 e. The summed E-state index contributed by atoms with van der Waals surface area (Å²) >= 11 is 0. The molecule has 1 amide bonds. The van der Waals surface area contributed by atoms with Crippen LogP contribution in [0.2, 0.25) is 0 Å². The molecule has 1 N–H and O–H groups in total. The molecule has 0 aromatic carbocycles. The van der Waals surface area contributed by atoms with Crippen LogP contribution in [-0.4, -0.2) is 40.4 Å². The van der Waals surface area contributed by atoms with Gasteiger partial charge in [-0.15, -0.1) is 10.2 Å². The number of aryl methyl sites for hydroxylation is 1. The van der Waals surface area contributed by atoms with Crippen molar-refractivity contribution in [2.24, 2.45) is 12.5 Å². The van der Waals surface area contributed by atoms with E-state index in [9.17, 15) is 10.1 Å². The molecular formula is C12H17N5O2. The number of hydrogen-bond acceptors (Lipinski definition) is 5. The summed E-state index contributed by atoms with van der Waals surface area (Å²) in [7, 11) is 1.85. The average Bonchev–Trinajstić information content (AvgIpc) is 2.85. The zero-order valence-electron chi connectivity index (χ0n) is 10.9. The first-order valence-electron chi connectivity index (χ1n) is 6.28. The van der Waals surface area contributed by atoms with Crippen molar-refractivity contribution in [3.63, 3.8) is 0 Å². The second-order valence-electron chi connectivity index (χ2n) is 4.67. The van der Waals surface area contributed by atoms with Gasteiger partial charge in [0.2, 0.25) is 5.91 Å². The van der Waals surface area contributed by atoms with Gasteiger partial charge in [0, 0.05) is 33.2 Å². The van der Waals surface area contributed by atoms with Crippen LogP contribution < -0.4 is 5.32 Å². The Labute approximate surface area is 111 Å². The fourth-order valence-electron chi connectivity index (χ4n) is 2.10. The molecule has 1 aromatic heterocycles. The number of nitrogens with one attached hydrogen (secondary N) is 1. The molecule has 7 nitrogen and oxygen atoms in total. The van der Waals surface area contributed by atoms with E-state index in [0.717, 1.165) is 5.82 Å². The molecule has 1 aliphatic rings. The molecule has 0 unspecified atom stereocenters. The molecule has 2 heterocycles. The zero-order valence-corrected chi connectivity index (χ0v) is 10.9. The lowest BCUT2D eigenvalue weighted by Gasteiger charge is -2.29. The quantitative estimate of drug-likeness (QED) is 0.811. The first kappa shape index (κ1) is 13.5. The van der Waals surface area contributed by atoms with E-state index >= 15 is 0 Å². The van der Waals surface area contributed by atoms with E-state index in [2.05, 4.69) is 21.6 Å². The predicted molar refractivity (Wildman–Crippen MR) is 65.8 cm³/mol. The van der Waals surface area contributed by atoms with E-state index < -0.39 is 5.41 Å². The highest BCUT2D eigenvalue weighted by Crippen LogP contribution is 2.29. The van der Waals surface area contributed by atoms with Gasteiger partial charge in [0.05, 0.1) is 6.07 Å². The molecule has 0 saturated carbocycles. The van der Waals surface area contributed by atoms with Crippen LogP contribution in [-0.2, 0) is 23.0 Å². The fraction of sp³-hybridized carbons (Fsp3) is 0.667. The molecule has 1 aromatic rings. The van der Waals surface area contributed by atoms with Crippen LogP contribution >= 0.6 is 0 Å². The van der Waals surface area contributed by atoms with Crippen molar-refractivity contribution in [2.45, 2.75) is 19.3 Å². The second kappa shape index (κ2) is 5.80. The highest BCUT2D eigenvalue weighted by molar-refractivity contribution is 5.85. The van der Waals surface area contributed by atoms with Gasteiger partial charge in [-0.05, 0) is 12.8 Å². The SMILES string of the molecule is Cn1cnnc1CCNC(=O)C1(C#N)CCOCC1. The van der Waals surface area contributed by atoms with Crippen LogP contribution in [0, 0.1) is 16.7 Å². The number of rotatable bonds is 4. The van der Waals surface area contributed by atoms with Crippen molar-refractivity contribution in [1.29, 1.82) is 5.26 Å². The third-order valence-corrected chi connectivity index (χ3v) is 3.43. The molecule has 1 saturated heterocycles. The Morgan fingerprint density at radius 1 is 1.63 bits per heavy atom. The van der Waals surface area contributed by atoms with Crippen LogP contribution in [0.25, 0.3) is 0 Å². The number of nitrogens with zero attached hydrogens (tertiary/aromatic N) is 4. The van der Waals surface area contributed by atoms with Crippen molar-refractivity contribution in [3.8, 4) is 6.07 Å². The molecule has 19 heavy (non-hydrogen) atoms. The van der Waals surface area contributed by atoms with Gasteiger partial charge in [-0.25, -0.2) is 0 Å². The number of amides is 1. The lowest BCUT2D eigenvalue weighted by molar-refractivity contribution is -0.132. The molecule has 2 rings (SSSR count). The highest BCUT2D eigenvalue weighted by Gasteiger charge is 2.40. The normalized spacial score (nSPS) is 17.7. The number of carbonyl (C=O) groups excluding carboxylic acids is 1. The van der Waals surface area contributed by atoms with Gasteiger partial charge < -0.3 is 14.6 Å². The van der Waals surface area contributed by atoms with E-state index in [4.69, 9.17) is 4.74 Å². The summed E-state index contributed by atoms with van der Waals surface area (Å²) in [4.78, 5) is 12.1. The summed E-state index contributed by atoms with van der Waals surface area (Å²) in [6.07, 6.45) is 3.13. The molecule has 102 valence electrons. The minimum atomic E-state index is -0.932.